The lowest BCUT2D eigenvalue weighted by Crippen LogP contribution is -2.30. The van der Waals surface area contributed by atoms with Crippen molar-refractivity contribution in [3.63, 3.8) is 0 Å². The van der Waals surface area contributed by atoms with Gasteiger partial charge in [0.15, 0.2) is 0 Å². The van der Waals surface area contributed by atoms with Crippen LogP contribution in [0.3, 0.4) is 0 Å². The molecule has 0 saturated heterocycles. The highest BCUT2D eigenvalue weighted by Crippen LogP contribution is 2.18. The molecule has 5 heteroatoms. The largest absolute Gasteiger partial charge is 0.465 e. The van der Waals surface area contributed by atoms with E-state index in [0.717, 1.165) is 7.11 Å². The molecule has 0 aromatic carbocycles. The minimum atomic E-state index is -3.55. The fourth-order valence-corrected chi connectivity index (χ4v) is 0.392. The molecule has 0 aromatic heterocycles. The summed E-state index contributed by atoms with van der Waals surface area (Å²) in [5.74, 6) is -5.16. The number of esters is 1. The Morgan fingerprint density at radius 1 is 1.70 bits per heavy atom. The van der Waals surface area contributed by atoms with Crippen molar-refractivity contribution in [2.75, 3.05) is 13.7 Å². The van der Waals surface area contributed by atoms with Gasteiger partial charge in [0.2, 0.25) is 0 Å². The summed E-state index contributed by atoms with van der Waals surface area (Å²) in [4.78, 5) is 10.1. The fourth-order valence-electron chi connectivity index (χ4n) is 0.392. The molecule has 1 N–H and O–H groups in total. The fraction of sp³-hybridized carbons (Fsp3) is 0.800. The van der Waals surface area contributed by atoms with Crippen LogP contribution in [0.2, 0.25) is 0 Å². The van der Waals surface area contributed by atoms with Crippen molar-refractivity contribution in [2.24, 2.45) is 0 Å². The molecule has 0 heterocycles. The van der Waals surface area contributed by atoms with Crippen molar-refractivity contribution in [2.45, 2.75) is 12.3 Å². The van der Waals surface area contributed by atoms with Gasteiger partial charge in [-0.25, -0.2) is 4.79 Å². The van der Waals surface area contributed by atoms with Gasteiger partial charge in [-0.2, -0.15) is 8.78 Å². The third kappa shape index (κ3) is 2.26. The van der Waals surface area contributed by atoms with E-state index in [1.165, 1.54) is 0 Å². The average molecular weight is 154 g/mol. The number of carbonyl (C=O) groups is 1. The second kappa shape index (κ2) is 3.46. The van der Waals surface area contributed by atoms with Gasteiger partial charge in [0, 0.05) is 13.0 Å². The molecular formula is C5H8F2O3. The molecule has 0 radical (unpaired) electrons. The zero-order valence-corrected chi connectivity index (χ0v) is 5.43. The van der Waals surface area contributed by atoms with E-state index >= 15 is 0 Å². The number of aliphatic hydroxyl groups excluding tert-OH is 1. The molecule has 0 spiro atoms. The van der Waals surface area contributed by atoms with Crippen molar-refractivity contribution >= 4 is 5.97 Å². The van der Waals surface area contributed by atoms with Crippen LogP contribution in [-0.4, -0.2) is 30.7 Å². The summed E-state index contributed by atoms with van der Waals surface area (Å²) in [6.45, 7) is -0.734. The van der Waals surface area contributed by atoms with Crippen molar-refractivity contribution < 1.29 is 23.4 Å². The first-order chi connectivity index (χ1) is 4.54. The van der Waals surface area contributed by atoms with E-state index in [0.29, 0.717) is 0 Å². The molecule has 0 saturated carbocycles. The highest BCUT2D eigenvalue weighted by molar-refractivity contribution is 5.77. The number of carbonyl (C=O) groups excluding carboxylic acids is 1. The number of methoxy groups -OCH3 is 1. The smallest absolute Gasteiger partial charge is 0.376 e. The molecular weight excluding hydrogens is 146 g/mol. The van der Waals surface area contributed by atoms with E-state index < -0.39 is 24.9 Å². The van der Waals surface area contributed by atoms with Crippen molar-refractivity contribution in [1.82, 2.24) is 0 Å². The Morgan fingerprint density at radius 2 is 2.20 bits per heavy atom. The van der Waals surface area contributed by atoms with E-state index in [-0.39, 0.29) is 0 Å². The van der Waals surface area contributed by atoms with Crippen LogP contribution in [0.25, 0.3) is 0 Å². The SMILES string of the molecule is COC(=O)C(F)(F)CCO. The Hall–Kier alpha value is -0.710. The highest BCUT2D eigenvalue weighted by atomic mass is 19.3. The topological polar surface area (TPSA) is 46.5 Å². The Morgan fingerprint density at radius 3 is 2.50 bits per heavy atom. The number of alkyl halides is 2. The average Bonchev–Trinajstić information content (AvgIpc) is 1.86. The molecule has 10 heavy (non-hydrogen) atoms. The molecule has 0 aromatic rings. The predicted octanol–water partition coefficient (Wildman–Crippen LogP) is 0.177. The normalized spacial score (nSPS) is 11.2. The third-order valence-electron chi connectivity index (χ3n) is 0.910. The Labute approximate surface area is 56.6 Å². The van der Waals surface area contributed by atoms with Gasteiger partial charge in [-0.05, 0) is 0 Å². The Balaban J connectivity index is 3.96. The number of hydrogen-bond donors (Lipinski definition) is 1. The van der Waals surface area contributed by atoms with Crippen LogP contribution < -0.4 is 0 Å². The lowest BCUT2D eigenvalue weighted by atomic mass is 10.2. The first kappa shape index (κ1) is 9.29. The maximum Gasteiger partial charge on any atom is 0.376 e. The van der Waals surface area contributed by atoms with Crippen LogP contribution >= 0.6 is 0 Å². The summed E-state index contributed by atoms with van der Waals surface area (Å²) in [7, 11) is 0.869. The van der Waals surface area contributed by atoms with E-state index in [2.05, 4.69) is 4.74 Å². The van der Waals surface area contributed by atoms with Crippen LogP contribution in [-0.2, 0) is 9.53 Å². The maximum atomic E-state index is 12.2. The Kier molecular flexibility index (Phi) is 3.21. The zero-order chi connectivity index (χ0) is 8.20. The maximum absolute atomic E-state index is 12.2. The van der Waals surface area contributed by atoms with Crippen molar-refractivity contribution in [3.8, 4) is 0 Å². The standard InChI is InChI=1S/C5H8F2O3/c1-10-4(9)5(6,7)2-3-8/h8H,2-3H2,1H3. The van der Waals surface area contributed by atoms with Gasteiger partial charge in [0.25, 0.3) is 0 Å². The van der Waals surface area contributed by atoms with E-state index in [4.69, 9.17) is 5.11 Å². The van der Waals surface area contributed by atoms with Crippen LogP contribution in [0.4, 0.5) is 8.78 Å². The third-order valence-corrected chi connectivity index (χ3v) is 0.910. The summed E-state index contributed by atoms with van der Waals surface area (Å²) < 4.78 is 28.1. The second-order valence-electron chi connectivity index (χ2n) is 1.67. The van der Waals surface area contributed by atoms with Gasteiger partial charge < -0.3 is 9.84 Å². The number of aliphatic hydroxyl groups is 1. The van der Waals surface area contributed by atoms with Crippen LogP contribution in [0.15, 0.2) is 0 Å². The monoisotopic (exact) mass is 154 g/mol. The molecule has 0 rings (SSSR count). The summed E-state index contributed by atoms with van der Waals surface area (Å²) in [6, 6.07) is 0. The quantitative estimate of drug-likeness (QED) is 0.589. The van der Waals surface area contributed by atoms with Gasteiger partial charge in [-0.15, -0.1) is 0 Å². The first-order valence-corrected chi connectivity index (χ1v) is 2.61. The summed E-state index contributed by atoms with van der Waals surface area (Å²) >= 11 is 0. The predicted molar refractivity (Wildman–Crippen MR) is 28.7 cm³/mol. The molecule has 0 atom stereocenters. The molecule has 0 bridgehead atoms. The van der Waals surface area contributed by atoms with Crippen LogP contribution in [0.5, 0.6) is 0 Å². The summed E-state index contributed by atoms with van der Waals surface area (Å²) in [5.41, 5.74) is 0. The van der Waals surface area contributed by atoms with Crippen molar-refractivity contribution in [1.29, 1.82) is 0 Å². The number of hydrogen-bond acceptors (Lipinski definition) is 3. The number of ether oxygens (including phenoxy) is 1. The van der Waals surface area contributed by atoms with E-state index in [1.807, 2.05) is 0 Å². The zero-order valence-electron chi connectivity index (χ0n) is 5.43. The van der Waals surface area contributed by atoms with Crippen LogP contribution in [0.1, 0.15) is 6.42 Å². The lowest BCUT2D eigenvalue weighted by Gasteiger charge is -2.10. The van der Waals surface area contributed by atoms with E-state index in [1.54, 1.807) is 0 Å². The molecule has 0 aliphatic heterocycles. The van der Waals surface area contributed by atoms with Gasteiger partial charge in [-0.1, -0.05) is 0 Å². The second-order valence-corrected chi connectivity index (χ2v) is 1.67. The van der Waals surface area contributed by atoms with Gasteiger partial charge in [0.1, 0.15) is 0 Å². The lowest BCUT2D eigenvalue weighted by molar-refractivity contribution is -0.170. The van der Waals surface area contributed by atoms with Crippen molar-refractivity contribution in [3.05, 3.63) is 0 Å². The van der Waals surface area contributed by atoms with Crippen LogP contribution in [0, 0.1) is 0 Å². The molecule has 0 aliphatic carbocycles. The van der Waals surface area contributed by atoms with E-state index in [9.17, 15) is 13.6 Å². The molecule has 0 unspecified atom stereocenters. The minimum absolute atomic E-state index is 0.734. The molecule has 0 aliphatic rings. The highest BCUT2D eigenvalue weighted by Gasteiger charge is 2.39. The number of halogens is 2. The molecule has 0 fully saturated rings. The summed E-state index contributed by atoms with van der Waals surface area (Å²) in [6.07, 6.45) is -0.889. The molecule has 3 nitrogen and oxygen atoms in total. The molecule has 0 amide bonds. The first-order valence-electron chi connectivity index (χ1n) is 2.61. The van der Waals surface area contributed by atoms with Gasteiger partial charge >= 0.3 is 11.9 Å². The van der Waals surface area contributed by atoms with Gasteiger partial charge in [-0.3, -0.25) is 0 Å². The minimum Gasteiger partial charge on any atom is -0.465 e. The van der Waals surface area contributed by atoms with Gasteiger partial charge in [0.05, 0.1) is 7.11 Å². The number of rotatable bonds is 3. The molecule has 60 valence electrons. The summed E-state index contributed by atoms with van der Waals surface area (Å²) in [5, 5.41) is 8.06. The Bertz CT molecular complexity index is 124.